The Morgan fingerprint density at radius 1 is 1.30 bits per heavy atom. The summed E-state index contributed by atoms with van der Waals surface area (Å²) in [4.78, 5) is 12.7. The van der Waals surface area contributed by atoms with Crippen molar-refractivity contribution in [3.05, 3.63) is 45.7 Å². The van der Waals surface area contributed by atoms with Gasteiger partial charge in [0.15, 0.2) is 0 Å². The van der Waals surface area contributed by atoms with Gasteiger partial charge in [-0.1, -0.05) is 0 Å². The zero-order valence-corrected chi connectivity index (χ0v) is 17.0. The van der Waals surface area contributed by atoms with Crippen molar-refractivity contribution in [2.45, 2.75) is 44.9 Å². The second kappa shape index (κ2) is 9.14. The molecule has 162 valence electrons. The molecule has 1 unspecified atom stereocenters. The molecule has 2 aliphatic rings. The molecule has 1 N–H and O–H groups in total. The summed E-state index contributed by atoms with van der Waals surface area (Å²) in [6.45, 7) is 1.54. The topological polar surface area (TPSA) is 61.7 Å². The molecule has 1 fully saturated rings. The lowest BCUT2D eigenvalue weighted by molar-refractivity contribution is 0.0798. The van der Waals surface area contributed by atoms with Crippen LogP contribution in [0.1, 0.15) is 24.0 Å². The first-order valence-corrected chi connectivity index (χ1v) is 10.2. The third kappa shape index (κ3) is 4.49. The Hall–Kier alpha value is -2.45. The summed E-state index contributed by atoms with van der Waals surface area (Å²) in [5, 5.41) is 3.32. The number of alkyl halides is 2. The van der Waals surface area contributed by atoms with Crippen molar-refractivity contribution >= 4 is 5.69 Å². The SMILES string of the molecule is COCc1cc2c(cc1OCC(F)F)CCn1c-2cc(NCC2CCCO2)cc1=O. The number of fused-ring (bicyclic) bond motifs is 3. The molecule has 6 nitrogen and oxygen atoms in total. The molecule has 2 aliphatic heterocycles. The molecular weight excluding hydrogens is 394 g/mol. The molecule has 1 aromatic carbocycles. The van der Waals surface area contributed by atoms with E-state index in [0.29, 0.717) is 30.8 Å². The quantitative estimate of drug-likeness (QED) is 0.709. The maximum atomic E-state index is 12.7. The van der Waals surface area contributed by atoms with E-state index in [4.69, 9.17) is 14.2 Å². The van der Waals surface area contributed by atoms with Crippen LogP contribution in [0.15, 0.2) is 29.1 Å². The van der Waals surface area contributed by atoms with Crippen LogP contribution in [0.5, 0.6) is 5.75 Å². The van der Waals surface area contributed by atoms with Crippen LogP contribution in [0.3, 0.4) is 0 Å². The second-order valence-corrected chi connectivity index (χ2v) is 7.64. The van der Waals surface area contributed by atoms with Crippen LogP contribution in [0.4, 0.5) is 14.5 Å². The number of pyridine rings is 1. The fourth-order valence-electron chi connectivity index (χ4n) is 4.09. The minimum Gasteiger partial charge on any atom is -0.487 e. The molecule has 0 saturated carbocycles. The first-order chi connectivity index (χ1) is 14.5. The molecule has 1 atom stereocenters. The molecule has 30 heavy (non-hydrogen) atoms. The van der Waals surface area contributed by atoms with Gasteiger partial charge in [-0.3, -0.25) is 4.79 Å². The third-order valence-electron chi connectivity index (χ3n) is 5.52. The minimum absolute atomic E-state index is 0.0701. The van der Waals surface area contributed by atoms with Gasteiger partial charge in [-0.2, -0.15) is 0 Å². The second-order valence-electron chi connectivity index (χ2n) is 7.64. The predicted octanol–water partition coefficient (Wildman–Crippen LogP) is 3.45. The molecular formula is C22H26F2N2O4. The minimum atomic E-state index is -2.55. The van der Waals surface area contributed by atoms with E-state index in [-0.39, 0.29) is 18.3 Å². The van der Waals surface area contributed by atoms with Gasteiger partial charge in [0.05, 0.1) is 18.4 Å². The number of anilines is 1. The van der Waals surface area contributed by atoms with Crippen LogP contribution in [-0.4, -0.2) is 44.0 Å². The van der Waals surface area contributed by atoms with Crippen LogP contribution in [0.2, 0.25) is 0 Å². The highest BCUT2D eigenvalue weighted by atomic mass is 19.3. The van der Waals surface area contributed by atoms with E-state index >= 15 is 0 Å². The smallest absolute Gasteiger partial charge is 0.272 e. The highest BCUT2D eigenvalue weighted by Crippen LogP contribution is 2.35. The molecule has 0 bridgehead atoms. The monoisotopic (exact) mass is 420 g/mol. The Labute approximate surface area is 173 Å². The fraction of sp³-hybridized carbons (Fsp3) is 0.500. The van der Waals surface area contributed by atoms with Gasteiger partial charge < -0.3 is 24.1 Å². The van der Waals surface area contributed by atoms with Crippen LogP contribution < -0.4 is 15.6 Å². The summed E-state index contributed by atoms with van der Waals surface area (Å²) in [6.07, 6.45) is 0.322. The summed E-state index contributed by atoms with van der Waals surface area (Å²) in [6, 6.07) is 7.25. The summed E-state index contributed by atoms with van der Waals surface area (Å²) >= 11 is 0. The maximum absolute atomic E-state index is 12.7. The van der Waals surface area contributed by atoms with Gasteiger partial charge >= 0.3 is 0 Å². The Morgan fingerprint density at radius 3 is 2.90 bits per heavy atom. The standard InChI is InChI=1S/C22H26F2N2O4/c1-28-12-15-7-18-14(8-20(15)30-13-21(23)24)4-5-26-19(18)9-16(10-22(26)27)25-11-17-3-2-6-29-17/h7-10,17,21,25H,2-6,11-13H2,1H3. The highest BCUT2D eigenvalue weighted by Gasteiger charge is 2.22. The molecule has 8 heteroatoms. The Kier molecular flexibility index (Phi) is 6.34. The van der Waals surface area contributed by atoms with Gasteiger partial charge in [-0.25, -0.2) is 8.78 Å². The molecule has 1 aromatic heterocycles. The van der Waals surface area contributed by atoms with Gasteiger partial charge in [0.1, 0.15) is 12.4 Å². The number of ether oxygens (including phenoxy) is 3. The number of nitrogens with one attached hydrogen (secondary N) is 1. The third-order valence-corrected chi connectivity index (χ3v) is 5.52. The normalized spacial score (nSPS) is 17.7. The van der Waals surface area contributed by atoms with E-state index in [1.165, 1.54) is 0 Å². The van der Waals surface area contributed by atoms with E-state index in [9.17, 15) is 13.6 Å². The lowest BCUT2D eigenvalue weighted by Crippen LogP contribution is -2.27. The zero-order valence-electron chi connectivity index (χ0n) is 17.0. The summed E-state index contributed by atoms with van der Waals surface area (Å²) in [5.74, 6) is 0.402. The number of aryl methyl sites for hydroxylation is 1. The lowest BCUT2D eigenvalue weighted by Gasteiger charge is -2.25. The first-order valence-electron chi connectivity index (χ1n) is 10.2. The van der Waals surface area contributed by atoms with Crippen molar-refractivity contribution in [3.8, 4) is 17.0 Å². The van der Waals surface area contributed by atoms with E-state index < -0.39 is 13.0 Å². The Balaban J connectivity index is 1.66. The highest BCUT2D eigenvalue weighted by molar-refractivity contribution is 5.71. The largest absolute Gasteiger partial charge is 0.487 e. The van der Waals surface area contributed by atoms with Gasteiger partial charge in [0.2, 0.25) is 0 Å². The predicted molar refractivity (Wildman–Crippen MR) is 110 cm³/mol. The summed E-state index contributed by atoms with van der Waals surface area (Å²) in [5.41, 5.74) is 4.03. The van der Waals surface area contributed by atoms with Crippen LogP contribution >= 0.6 is 0 Å². The lowest BCUT2D eigenvalue weighted by atomic mass is 9.94. The van der Waals surface area contributed by atoms with Gasteiger partial charge in [0, 0.05) is 49.7 Å². The average molecular weight is 420 g/mol. The number of methoxy groups -OCH3 is 1. The Morgan fingerprint density at radius 2 is 2.17 bits per heavy atom. The maximum Gasteiger partial charge on any atom is 0.272 e. The van der Waals surface area contributed by atoms with Crippen molar-refractivity contribution in [1.29, 1.82) is 0 Å². The van der Waals surface area contributed by atoms with Gasteiger partial charge in [-0.15, -0.1) is 0 Å². The van der Waals surface area contributed by atoms with E-state index in [0.717, 1.165) is 42.0 Å². The van der Waals surface area contributed by atoms with Crippen LogP contribution in [0.25, 0.3) is 11.3 Å². The van der Waals surface area contributed by atoms with Crippen LogP contribution in [-0.2, 0) is 29.0 Å². The van der Waals surface area contributed by atoms with Crippen molar-refractivity contribution in [3.63, 3.8) is 0 Å². The number of halogens is 2. The van der Waals surface area contributed by atoms with Crippen LogP contribution in [0, 0.1) is 0 Å². The molecule has 1 saturated heterocycles. The molecule has 0 amide bonds. The molecule has 0 spiro atoms. The van der Waals surface area contributed by atoms with E-state index in [1.54, 1.807) is 23.8 Å². The van der Waals surface area contributed by atoms with Crippen molar-refractivity contribution in [2.24, 2.45) is 0 Å². The van der Waals surface area contributed by atoms with E-state index in [1.807, 2.05) is 12.1 Å². The van der Waals surface area contributed by atoms with Crippen molar-refractivity contribution < 1.29 is 23.0 Å². The average Bonchev–Trinajstić information content (AvgIpc) is 3.24. The number of hydrogen-bond donors (Lipinski definition) is 1. The molecule has 0 radical (unpaired) electrons. The summed E-state index contributed by atoms with van der Waals surface area (Å²) in [7, 11) is 1.54. The number of hydrogen-bond acceptors (Lipinski definition) is 5. The van der Waals surface area contributed by atoms with E-state index in [2.05, 4.69) is 5.32 Å². The molecule has 0 aliphatic carbocycles. The van der Waals surface area contributed by atoms with Crippen molar-refractivity contribution in [2.75, 3.05) is 32.2 Å². The molecule has 3 heterocycles. The number of benzene rings is 1. The Bertz CT molecular complexity index is 955. The molecule has 2 aromatic rings. The fourth-order valence-corrected chi connectivity index (χ4v) is 4.09. The number of aromatic nitrogens is 1. The summed E-state index contributed by atoms with van der Waals surface area (Å²) < 4.78 is 43.2. The zero-order chi connectivity index (χ0) is 21.1. The van der Waals surface area contributed by atoms with Gasteiger partial charge in [-0.05, 0) is 43.0 Å². The first kappa shape index (κ1) is 20.8. The van der Waals surface area contributed by atoms with Gasteiger partial charge in [0.25, 0.3) is 12.0 Å². The number of rotatable bonds is 8. The number of nitrogens with zero attached hydrogens (tertiary/aromatic N) is 1. The molecule has 4 rings (SSSR count). The van der Waals surface area contributed by atoms with Crippen molar-refractivity contribution in [1.82, 2.24) is 4.57 Å².